The van der Waals surface area contributed by atoms with Gasteiger partial charge in [-0.2, -0.15) is 0 Å². The Morgan fingerprint density at radius 1 is 0.964 bits per heavy atom. The molecule has 0 fully saturated rings. The molecule has 0 saturated carbocycles. The van der Waals surface area contributed by atoms with Crippen molar-refractivity contribution in [2.45, 2.75) is 0 Å². The van der Waals surface area contributed by atoms with Crippen LogP contribution >= 0.6 is 0 Å². The molecule has 4 rings (SSSR count). The number of amides is 2. The lowest BCUT2D eigenvalue weighted by atomic mass is 10.1. The molecule has 140 valence electrons. The predicted octanol–water partition coefficient (Wildman–Crippen LogP) is 3.63. The SMILES string of the molecule is COc1ccccc1NC(=O)Nc1ccc(-c2cccc3nnc(N)n23)cc1. The number of rotatable bonds is 4. The minimum atomic E-state index is -0.359. The fourth-order valence-electron chi connectivity index (χ4n) is 2.95. The summed E-state index contributed by atoms with van der Waals surface area (Å²) in [6.07, 6.45) is 0. The summed E-state index contributed by atoms with van der Waals surface area (Å²) in [5, 5.41) is 13.5. The van der Waals surface area contributed by atoms with Crippen LogP contribution in [0.3, 0.4) is 0 Å². The number of para-hydroxylation sites is 2. The Morgan fingerprint density at radius 2 is 1.75 bits per heavy atom. The molecule has 2 aromatic carbocycles. The van der Waals surface area contributed by atoms with Crippen molar-refractivity contribution in [3.63, 3.8) is 0 Å². The van der Waals surface area contributed by atoms with E-state index in [9.17, 15) is 4.79 Å². The highest BCUT2D eigenvalue weighted by molar-refractivity contribution is 6.00. The van der Waals surface area contributed by atoms with Gasteiger partial charge in [-0.05, 0) is 42.0 Å². The van der Waals surface area contributed by atoms with Gasteiger partial charge in [-0.1, -0.05) is 30.3 Å². The molecule has 4 aromatic rings. The Bertz CT molecular complexity index is 1140. The number of nitrogen functional groups attached to an aromatic ring is 1. The second kappa shape index (κ2) is 7.28. The van der Waals surface area contributed by atoms with Gasteiger partial charge in [-0.15, -0.1) is 10.2 Å². The monoisotopic (exact) mass is 374 g/mol. The van der Waals surface area contributed by atoms with Gasteiger partial charge in [0.25, 0.3) is 0 Å². The number of urea groups is 1. The van der Waals surface area contributed by atoms with Crippen LogP contribution in [0.25, 0.3) is 16.9 Å². The van der Waals surface area contributed by atoms with Crippen molar-refractivity contribution in [1.82, 2.24) is 14.6 Å². The number of anilines is 3. The van der Waals surface area contributed by atoms with Crippen molar-refractivity contribution in [2.24, 2.45) is 0 Å². The van der Waals surface area contributed by atoms with Crippen molar-refractivity contribution < 1.29 is 9.53 Å². The molecular formula is C20H18N6O2. The zero-order chi connectivity index (χ0) is 19.5. The number of aromatic nitrogens is 3. The van der Waals surface area contributed by atoms with Gasteiger partial charge >= 0.3 is 6.03 Å². The third-order valence-corrected chi connectivity index (χ3v) is 4.25. The van der Waals surface area contributed by atoms with Gasteiger partial charge in [0.1, 0.15) is 5.75 Å². The van der Waals surface area contributed by atoms with E-state index in [-0.39, 0.29) is 6.03 Å². The molecule has 2 heterocycles. The van der Waals surface area contributed by atoms with E-state index in [1.807, 2.05) is 54.6 Å². The van der Waals surface area contributed by atoms with Gasteiger partial charge in [0.2, 0.25) is 5.95 Å². The van der Waals surface area contributed by atoms with Crippen molar-refractivity contribution in [2.75, 3.05) is 23.5 Å². The number of pyridine rings is 1. The van der Waals surface area contributed by atoms with Gasteiger partial charge in [-0.25, -0.2) is 4.79 Å². The van der Waals surface area contributed by atoms with Crippen LogP contribution in [-0.2, 0) is 0 Å². The quantitative estimate of drug-likeness (QED) is 0.506. The number of nitrogens with zero attached hydrogens (tertiary/aromatic N) is 3. The van der Waals surface area contributed by atoms with E-state index in [4.69, 9.17) is 10.5 Å². The Labute approximate surface area is 161 Å². The first-order chi connectivity index (χ1) is 13.7. The molecule has 2 amide bonds. The lowest BCUT2D eigenvalue weighted by Gasteiger charge is -2.11. The van der Waals surface area contributed by atoms with Gasteiger partial charge in [0.05, 0.1) is 18.5 Å². The molecule has 0 spiro atoms. The summed E-state index contributed by atoms with van der Waals surface area (Å²) in [6, 6.07) is 19.9. The van der Waals surface area contributed by atoms with Crippen LogP contribution in [0.1, 0.15) is 0 Å². The van der Waals surface area contributed by atoms with Crippen LogP contribution in [0.4, 0.5) is 22.1 Å². The average molecular weight is 374 g/mol. The Kier molecular flexibility index (Phi) is 4.51. The summed E-state index contributed by atoms with van der Waals surface area (Å²) in [4.78, 5) is 12.3. The van der Waals surface area contributed by atoms with Crippen molar-refractivity contribution in [3.8, 4) is 17.0 Å². The van der Waals surface area contributed by atoms with Gasteiger partial charge in [-0.3, -0.25) is 4.40 Å². The van der Waals surface area contributed by atoms with Gasteiger partial charge in [0, 0.05) is 5.69 Å². The Hall–Kier alpha value is -4.07. The molecule has 0 radical (unpaired) electrons. The lowest BCUT2D eigenvalue weighted by molar-refractivity contribution is 0.262. The van der Waals surface area contributed by atoms with Crippen molar-refractivity contribution >= 4 is 29.0 Å². The van der Waals surface area contributed by atoms with E-state index in [0.29, 0.717) is 28.7 Å². The number of methoxy groups -OCH3 is 1. The molecule has 28 heavy (non-hydrogen) atoms. The fraction of sp³-hybridized carbons (Fsp3) is 0.0500. The highest BCUT2D eigenvalue weighted by Gasteiger charge is 2.10. The first-order valence-electron chi connectivity index (χ1n) is 8.57. The summed E-state index contributed by atoms with van der Waals surface area (Å²) in [5.74, 6) is 0.914. The molecule has 0 saturated heterocycles. The average Bonchev–Trinajstić information content (AvgIpc) is 3.10. The number of nitrogens with two attached hydrogens (primary N) is 1. The molecule has 0 unspecified atom stereocenters. The fourth-order valence-corrected chi connectivity index (χ4v) is 2.95. The molecule has 0 aliphatic heterocycles. The minimum absolute atomic E-state index is 0.323. The maximum atomic E-state index is 12.3. The van der Waals surface area contributed by atoms with Crippen LogP contribution < -0.4 is 21.1 Å². The second-order valence-electron chi connectivity index (χ2n) is 6.02. The van der Waals surface area contributed by atoms with Gasteiger partial charge < -0.3 is 21.1 Å². The molecule has 0 aliphatic carbocycles. The van der Waals surface area contributed by atoms with Crippen LogP contribution in [0.5, 0.6) is 5.75 Å². The number of fused-ring (bicyclic) bond motifs is 1. The van der Waals surface area contributed by atoms with Crippen LogP contribution in [-0.4, -0.2) is 27.7 Å². The largest absolute Gasteiger partial charge is 0.495 e. The number of nitrogens with one attached hydrogen (secondary N) is 2. The smallest absolute Gasteiger partial charge is 0.323 e. The maximum Gasteiger partial charge on any atom is 0.323 e. The third-order valence-electron chi connectivity index (χ3n) is 4.25. The van der Waals surface area contributed by atoms with Crippen LogP contribution in [0, 0.1) is 0 Å². The lowest BCUT2D eigenvalue weighted by Crippen LogP contribution is -2.19. The standard InChI is InChI=1S/C20H18N6O2/c1-28-17-7-3-2-5-15(17)23-20(27)22-14-11-9-13(10-12-14)16-6-4-8-18-24-25-19(21)26(16)18/h2-12H,1H3,(H2,21,25)(H2,22,23,27). The summed E-state index contributed by atoms with van der Waals surface area (Å²) < 4.78 is 7.01. The first kappa shape index (κ1) is 17.3. The van der Waals surface area contributed by atoms with E-state index in [0.717, 1.165) is 11.3 Å². The van der Waals surface area contributed by atoms with E-state index in [1.54, 1.807) is 23.6 Å². The van der Waals surface area contributed by atoms with Crippen LogP contribution in [0.2, 0.25) is 0 Å². The van der Waals surface area contributed by atoms with E-state index in [2.05, 4.69) is 20.8 Å². The molecular weight excluding hydrogens is 356 g/mol. The summed E-state index contributed by atoms with van der Waals surface area (Å²) in [5.41, 5.74) is 9.63. The predicted molar refractivity (Wildman–Crippen MR) is 108 cm³/mol. The highest BCUT2D eigenvalue weighted by Crippen LogP contribution is 2.25. The molecule has 4 N–H and O–H groups in total. The zero-order valence-corrected chi connectivity index (χ0v) is 15.1. The molecule has 2 aromatic heterocycles. The summed E-state index contributed by atoms with van der Waals surface area (Å²) >= 11 is 0. The van der Waals surface area contributed by atoms with Gasteiger partial charge in [0.15, 0.2) is 5.65 Å². The Balaban J connectivity index is 1.52. The highest BCUT2D eigenvalue weighted by atomic mass is 16.5. The molecule has 0 aliphatic rings. The molecule has 8 heteroatoms. The third kappa shape index (κ3) is 3.30. The van der Waals surface area contributed by atoms with E-state index in [1.165, 1.54) is 0 Å². The Morgan fingerprint density at radius 3 is 2.54 bits per heavy atom. The summed E-state index contributed by atoms with van der Waals surface area (Å²) in [6.45, 7) is 0. The number of benzene rings is 2. The number of carbonyl (C=O) groups excluding carboxylic acids is 1. The number of ether oxygens (including phenoxy) is 1. The minimum Gasteiger partial charge on any atom is -0.495 e. The maximum absolute atomic E-state index is 12.3. The van der Waals surface area contributed by atoms with Crippen LogP contribution in [0.15, 0.2) is 66.7 Å². The van der Waals surface area contributed by atoms with E-state index < -0.39 is 0 Å². The molecule has 0 bridgehead atoms. The zero-order valence-electron chi connectivity index (χ0n) is 15.1. The summed E-state index contributed by atoms with van der Waals surface area (Å²) in [7, 11) is 1.56. The topological polar surface area (TPSA) is 107 Å². The molecule has 0 atom stereocenters. The normalized spacial score (nSPS) is 10.6. The molecule has 8 nitrogen and oxygen atoms in total. The second-order valence-corrected chi connectivity index (χ2v) is 6.02. The number of hydrogen-bond acceptors (Lipinski definition) is 5. The number of carbonyl (C=O) groups is 1. The van der Waals surface area contributed by atoms with E-state index >= 15 is 0 Å². The van der Waals surface area contributed by atoms with Crippen molar-refractivity contribution in [3.05, 3.63) is 66.7 Å². The first-order valence-corrected chi connectivity index (χ1v) is 8.57. The van der Waals surface area contributed by atoms with Crippen molar-refractivity contribution in [1.29, 1.82) is 0 Å². The number of hydrogen-bond donors (Lipinski definition) is 3.